The second kappa shape index (κ2) is 19.9. The number of hydrogen-bond acceptors (Lipinski definition) is 4. The summed E-state index contributed by atoms with van der Waals surface area (Å²) in [7, 11) is 0. The van der Waals surface area contributed by atoms with Crippen molar-refractivity contribution in [3.05, 3.63) is 12.2 Å². The molecule has 25 heavy (non-hydrogen) atoms. The van der Waals surface area contributed by atoms with E-state index in [0.29, 0.717) is 6.42 Å². The summed E-state index contributed by atoms with van der Waals surface area (Å²) in [6.45, 7) is 1.91. The highest BCUT2D eigenvalue weighted by atomic mass is 16.6. The molecule has 0 saturated heterocycles. The lowest BCUT2D eigenvalue weighted by atomic mass is 10.1. The Morgan fingerprint density at radius 3 is 1.84 bits per heavy atom. The topological polar surface area (TPSA) is 69.9 Å². The van der Waals surface area contributed by atoms with Gasteiger partial charge in [0, 0.05) is 0 Å². The molecule has 0 aliphatic rings. The molecule has 4 heteroatoms. The van der Waals surface area contributed by atoms with Crippen LogP contribution in [0.15, 0.2) is 12.2 Å². The van der Waals surface area contributed by atoms with Crippen molar-refractivity contribution in [1.29, 1.82) is 0 Å². The average molecular weight is 359 g/mol. The first-order valence-electron chi connectivity index (χ1n) is 10.4. The summed E-state index contributed by atoms with van der Waals surface area (Å²) in [6.07, 6.45) is 19.9. The van der Waals surface area contributed by atoms with E-state index in [0.717, 1.165) is 12.8 Å². The standard InChI is InChI=1S/C21H42O4/c1-2-3-4-5-6-7-8-9-10-11-12-13-14-15-16-17-21(24)25-19-20(23)18-22/h9-10,20-24H,2-8,11-19H2,1H3/b10-9-/t20?,21-/m1/s1. The highest BCUT2D eigenvalue weighted by Gasteiger charge is 2.07. The molecule has 0 rings (SSSR count). The highest BCUT2D eigenvalue weighted by Crippen LogP contribution is 2.11. The first-order valence-corrected chi connectivity index (χ1v) is 10.4. The third-order valence-electron chi connectivity index (χ3n) is 4.40. The summed E-state index contributed by atoms with van der Waals surface area (Å²) in [5.74, 6) is 0. The zero-order chi connectivity index (χ0) is 18.6. The van der Waals surface area contributed by atoms with E-state index in [9.17, 15) is 5.11 Å². The van der Waals surface area contributed by atoms with Crippen LogP contribution in [0, 0.1) is 0 Å². The van der Waals surface area contributed by atoms with Crippen LogP contribution >= 0.6 is 0 Å². The van der Waals surface area contributed by atoms with Crippen molar-refractivity contribution < 1.29 is 20.1 Å². The largest absolute Gasteiger partial charge is 0.394 e. The second-order valence-electron chi connectivity index (χ2n) is 7.00. The van der Waals surface area contributed by atoms with Crippen LogP contribution in [-0.2, 0) is 4.74 Å². The average Bonchev–Trinajstić information content (AvgIpc) is 2.62. The van der Waals surface area contributed by atoms with Crippen molar-refractivity contribution in [1.82, 2.24) is 0 Å². The molecule has 0 aliphatic carbocycles. The molecule has 4 nitrogen and oxygen atoms in total. The zero-order valence-electron chi connectivity index (χ0n) is 16.4. The molecule has 0 saturated carbocycles. The van der Waals surface area contributed by atoms with Crippen LogP contribution in [0.2, 0.25) is 0 Å². The van der Waals surface area contributed by atoms with Crippen LogP contribution < -0.4 is 0 Å². The molecular formula is C21H42O4. The monoisotopic (exact) mass is 358 g/mol. The zero-order valence-corrected chi connectivity index (χ0v) is 16.4. The summed E-state index contributed by atoms with van der Waals surface area (Å²) in [4.78, 5) is 0. The van der Waals surface area contributed by atoms with Crippen LogP contribution in [0.25, 0.3) is 0 Å². The minimum Gasteiger partial charge on any atom is -0.394 e. The molecule has 0 radical (unpaired) electrons. The molecule has 0 aromatic carbocycles. The molecule has 1 unspecified atom stereocenters. The summed E-state index contributed by atoms with van der Waals surface area (Å²) in [5, 5.41) is 27.3. The lowest BCUT2D eigenvalue weighted by Gasteiger charge is -2.13. The van der Waals surface area contributed by atoms with Gasteiger partial charge in [-0.05, 0) is 38.5 Å². The summed E-state index contributed by atoms with van der Waals surface area (Å²) in [5.41, 5.74) is 0. The van der Waals surface area contributed by atoms with Crippen LogP contribution in [-0.4, -0.2) is 40.9 Å². The van der Waals surface area contributed by atoms with Crippen molar-refractivity contribution in [3.63, 3.8) is 0 Å². The van der Waals surface area contributed by atoms with Gasteiger partial charge in [-0.2, -0.15) is 0 Å². The van der Waals surface area contributed by atoms with E-state index in [1.54, 1.807) is 0 Å². The number of rotatable bonds is 19. The van der Waals surface area contributed by atoms with Gasteiger partial charge in [-0.3, -0.25) is 0 Å². The molecule has 0 heterocycles. The van der Waals surface area contributed by atoms with Crippen molar-refractivity contribution in [2.45, 2.75) is 109 Å². The van der Waals surface area contributed by atoms with Crippen LogP contribution in [0.5, 0.6) is 0 Å². The highest BCUT2D eigenvalue weighted by molar-refractivity contribution is 4.81. The molecular weight excluding hydrogens is 316 g/mol. The minimum atomic E-state index is -0.899. The fourth-order valence-electron chi connectivity index (χ4n) is 2.75. The summed E-state index contributed by atoms with van der Waals surface area (Å²) < 4.78 is 5.05. The molecule has 3 N–H and O–H groups in total. The van der Waals surface area contributed by atoms with Crippen LogP contribution in [0.4, 0.5) is 0 Å². The first-order chi connectivity index (χ1) is 12.2. The molecule has 2 atom stereocenters. The quantitative estimate of drug-likeness (QED) is 0.178. The lowest BCUT2D eigenvalue weighted by Crippen LogP contribution is -2.24. The Balaban J connectivity index is 3.21. The number of allylic oxidation sites excluding steroid dienone is 2. The molecule has 0 fully saturated rings. The smallest absolute Gasteiger partial charge is 0.154 e. The van der Waals surface area contributed by atoms with Crippen molar-refractivity contribution >= 4 is 0 Å². The predicted octanol–water partition coefficient (Wildman–Crippen LogP) is 4.71. The maximum absolute atomic E-state index is 9.57. The van der Waals surface area contributed by atoms with Crippen molar-refractivity contribution in [2.75, 3.05) is 13.2 Å². The number of aliphatic hydroxyl groups is 3. The normalized spacial score (nSPS) is 14.2. The predicted molar refractivity (Wildman–Crippen MR) is 105 cm³/mol. The minimum absolute atomic E-state index is 0.0112. The van der Waals surface area contributed by atoms with E-state index >= 15 is 0 Å². The second-order valence-corrected chi connectivity index (χ2v) is 7.00. The van der Waals surface area contributed by atoms with E-state index in [2.05, 4.69) is 19.1 Å². The number of hydrogen-bond donors (Lipinski definition) is 3. The lowest BCUT2D eigenvalue weighted by molar-refractivity contribution is -0.130. The Labute approximate surface area is 155 Å². The van der Waals surface area contributed by atoms with E-state index in [1.165, 1.54) is 70.6 Å². The Kier molecular flexibility index (Phi) is 19.6. The maximum Gasteiger partial charge on any atom is 0.154 e. The molecule has 0 bridgehead atoms. The van der Waals surface area contributed by atoms with Crippen molar-refractivity contribution in [3.8, 4) is 0 Å². The van der Waals surface area contributed by atoms with E-state index in [1.807, 2.05) is 0 Å². The maximum atomic E-state index is 9.57. The van der Waals surface area contributed by atoms with Crippen LogP contribution in [0.3, 0.4) is 0 Å². The first kappa shape index (κ1) is 24.6. The van der Waals surface area contributed by atoms with Gasteiger partial charge in [0.05, 0.1) is 13.2 Å². The van der Waals surface area contributed by atoms with Gasteiger partial charge in [0.2, 0.25) is 0 Å². The molecule has 0 amide bonds. The molecule has 0 aliphatic heterocycles. The number of aliphatic hydroxyl groups excluding tert-OH is 3. The summed E-state index contributed by atoms with van der Waals surface area (Å²) in [6, 6.07) is 0. The molecule has 0 aromatic rings. The Morgan fingerprint density at radius 1 is 0.760 bits per heavy atom. The fraction of sp³-hybridized carbons (Fsp3) is 0.905. The summed E-state index contributed by atoms with van der Waals surface area (Å²) >= 11 is 0. The van der Waals surface area contributed by atoms with Gasteiger partial charge in [0.1, 0.15) is 6.10 Å². The van der Waals surface area contributed by atoms with Crippen LogP contribution in [0.1, 0.15) is 96.8 Å². The van der Waals surface area contributed by atoms with Gasteiger partial charge in [-0.25, -0.2) is 0 Å². The molecule has 0 aromatic heterocycles. The van der Waals surface area contributed by atoms with E-state index in [4.69, 9.17) is 14.9 Å². The fourth-order valence-corrected chi connectivity index (χ4v) is 2.75. The Hall–Kier alpha value is -0.420. The number of ether oxygens (including phenoxy) is 1. The SMILES string of the molecule is CCCCCCCC/C=C\CCCCCCC[C@H](O)OCC(O)CO. The van der Waals surface area contributed by atoms with Gasteiger partial charge < -0.3 is 20.1 Å². The van der Waals surface area contributed by atoms with Gasteiger partial charge >= 0.3 is 0 Å². The Bertz CT molecular complexity index is 281. The van der Waals surface area contributed by atoms with Gasteiger partial charge in [-0.15, -0.1) is 0 Å². The van der Waals surface area contributed by atoms with E-state index in [-0.39, 0.29) is 13.2 Å². The Morgan fingerprint density at radius 2 is 1.28 bits per heavy atom. The third-order valence-corrected chi connectivity index (χ3v) is 4.40. The molecule has 0 spiro atoms. The van der Waals surface area contributed by atoms with Crippen molar-refractivity contribution in [2.24, 2.45) is 0 Å². The van der Waals surface area contributed by atoms with E-state index < -0.39 is 12.4 Å². The van der Waals surface area contributed by atoms with Gasteiger partial charge in [0.25, 0.3) is 0 Å². The van der Waals surface area contributed by atoms with Gasteiger partial charge in [0.15, 0.2) is 6.29 Å². The third kappa shape index (κ3) is 19.7. The molecule has 150 valence electrons. The van der Waals surface area contributed by atoms with Gasteiger partial charge in [-0.1, -0.05) is 70.4 Å². The number of unbranched alkanes of at least 4 members (excludes halogenated alkanes) is 11.